The van der Waals surface area contributed by atoms with Gasteiger partial charge in [-0.05, 0) is 23.7 Å². The highest BCUT2D eigenvalue weighted by Gasteiger charge is 2.24. The van der Waals surface area contributed by atoms with E-state index in [4.69, 9.17) is 39.2 Å². The molecule has 0 unspecified atom stereocenters. The molecule has 1 aromatic carbocycles. The summed E-state index contributed by atoms with van der Waals surface area (Å²) in [4.78, 5) is -1.47. The van der Waals surface area contributed by atoms with E-state index in [9.17, 15) is 21.2 Å². The molecule has 0 atom stereocenters. The van der Waals surface area contributed by atoms with Crippen molar-refractivity contribution in [1.82, 2.24) is 0 Å². The standard InChI is InChI=1S/C8H8Cl2FN3O4S2/c9-7(8(10)11)3-1-4(12)6(20(14,17)18)2-5(3)19(13,15)16/h1-2H,12H2,(H2,13,15,16)(H2,14,17,18). The Kier molecular flexibility index (Phi) is 4.69. The number of anilines is 1. The molecule has 0 aliphatic heterocycles. The molecule has 0 heterocycles. The van der Waals surface area contributed by atoms with Crippen LogP contribution in [0.3, 0.4) is 0 Å². The number of benzene rings is 1. The Balaban J connectivity index is 3.91. The first-order chi connectivity index (χ1) is 8.85. The number of hydrogen-bond acceptors (Lipinski definition) is 5. The lowest BCUT2D eigenvalue weighted by atomic mass is 10.2. The molecule has 0 saturated carbocycles. The van der Waals surface area contributed by atoms with Gasteiger partial charge in [0.05, 0.1) is 15.6 Å². The van der Waals surface area contributed by atoms with E-state index in [-0.39, 0.29) is 0 Å². The van der Waals surface area contributed by atoms with Gasteiger partial charge in [0, 0.05) is 5.56 Å². The van der Waals surface area contributed by atoms with Crippen LogP contribution in [0.25, 0.3) is 5.03 Å². The predicted molar refractivity (Wildman–Crippen MR) is 73.3 cm³/mol. The summed E-state index contributed by atoms with van der Waals surface area (Å²) >= 11 is 10.5. The van der Waals surface area contributed by atoms with Gasteiger partial charge in [-0.3, -0.25) is 0 Å². The van der Waals surface area contributed by atoms with Gasteiger partial charge in [-0.1, -0.05) is 11.6 Å². The van der Waals surface area contributed by atoms with Gasteiger partial charge in [0.25, 0.3) is 0 Å². The third-order valence-corrected chi connectivity index (χ3v) is 4.70. The van der Waals surface area contributed by atoms with E-state index in [0.717, 1.165) is 6.07 Å². The van der Waals surface area contributed by atoms with E-state index in [1.54, 1.807) is 0 Å². The Morgan fingerprint density at radius 3 is 1.80 bits per heavy atom. The number of hydrogen-bond donors (Lipinski definition) is 3. The molecule has 6 N–H and O–H groups in total. The van der Waals surface area contributed by atoms with E-state index in [1.807, 2.05) is 0 Å². The van der Waals surface area contributed by atoms with Crippen molar-refractivity contribution in [2.75, 3.05) is 5.73 Å². The number of primary sulfonamides is 2. The van der Waals surface area contributed by atoms with Crippen molar-refractivity contribution in [2.45, 2.75) is 9.79 Å². The minimum Gasteiger partial charge on any atom is -0.398 e. The van der Waals surface area contributed by atoms with Gasteiger partial charge in [0.15, 0.2) is 0 Å². The summed E-state index contributed by atoms with van der Waals surface area (Å²) in [5.41, 5.74) is 4.50. The highest BCUT2D eigenvalue weighted by molar-refractivity contribution is 7.90. The number of nitrogens with two attached hydrogens (primary N) is 3. The van der Waals surface area contributed by atoms with E-state index in [1.165, 1.54) is 0 Å². The lowest BCUT2D eigenvalue weighted by molar-refractivity contribution is 0.596. The Morgan fingerprint density at radius 1 is 1.00 bits per heavy atom. The highest BCUT2D eigenvalue weighted by atomic mass is 35.5. The molecule has 12 heteroatoms. The molecular formula is C8H8Cl2FN3O4S2. The normalized spacial score (nSPS) is 14.1. The van der Waals surface area contributed by atoms with E-state index in [0.29, 0.717) is 6.07 Å². The molecule has 20 heavy (non-hydrogen) atoms. The van der Waals surface area contributed by atoms with Crippen LogP contribution >= 0.6 is 23.2 Å². The monoisotopic (exact) mass is 363 g/mol. The Labute approximate surface area is 124 Å². The average Bonchev–Trinajstić information content (AvgIpc) is 2.23. The lowest BCUT2D eigenvalue weighted by Crippen LogP contribution is -2.19. The SMILES string of the molecule is Nc1cc(C(Cl)=C(F)Cl)c(S(N)(=O)=O)cc1S(N)(=O)=O. The zero-order valence-electron chi connectivity index (χ0n) is 9.47. The maximum Gasteiger partial charge on any atom is 0.240 e. The summed E-state index contributed by atoms with van der Waals surface area (Å²) in [7, 11) is -8.74. The average molecular weight is 364 g/mol. The number of sulfonamides is 2. The van der Waals surface area contributed by atoms with Crippen molar-refractivity contribution in [2.24, 2.45) is 10.3 Å². The first kappa shape index (κ1) is 17.1. The number of halogens is 3. The predicted octanol–water partition coefficient (Wildman–Crippen LogP) is 0.637. The van der Waals surface area contributed by atoms with E-state index < -0.39 is 51.4 Å². The lowest BCUT2D eigenvalue weighted by Gasteiger charge is -2.11. The topological polar surface area (TPSA) is 146 Å². The van der Waals surface area contributed by atoms with E-state index in [2.05, 4.69) is 0 Å². The second kappa shape index (κ2) is 5.47. The fourth-order valence-electron chi connectivity index (χ4n) is 1.33. The molecule has 1 aromatic rings. The van der Waals surface area contributed by atoms with Crippen LogP contribution in [0.4, 0.5) is 10.1 Å². The fraction of sp³-hybridized carbons (Fsp3) is 0. The van der Waals surface area contributed by atoms with Gasteiger partial charge < -0.3 is 5.73 Å². The minimum absolute atomic E-state index is 0.439. The van der Waals surface area contributed by atoms with Crippen LogP contribution in [-0.4, -0.2) is 16.8 Å². The maximum absolute atomic E-state index is 12.9. The van der Waals surface area contributed by atoms with Gasteiger partial charge in [-0.2, -0.15) is 4.39 Å². The summed E-state index contributed by atoms with van der Waals surface area (Å²) < 4.78 is 58.3. The molecular weight excluding hydrogens is 356 g/mol. The summed E-state index contributed by atoms with van der Waals surface area (Å²) in [6.07, 6.45) is 0. The zero-order valence-corrected chi connectivity index (χ0v) is 12.6. The summed E-state index contributed by atoms with van der Waals surface area (Å²) in [5, 5.41) is 7.57. The molecule has 7 nitrogen and oxygen atoms in total. The minimum atomic E-state index is -4.43. The van der Waals surface area contributed by atoms with Gasteiger partial charge >= 0.3 is 0 Å². The van der Waals surface area contributed by atoms with Gasteiger partial charge in [-0.25, -0.2) is 27.1 Å². The number of rotatable bonds is 3. The Morgan fingerprint density at radius 2 is 1.45 bits per heavy atom. The van der Waals surface area contributed by atoms with Crippen LogP contribution in [0, 0.1) is 0 Å². The molecule has 0 radical (unpaired) electrons. The van der Waals surface area contributed by atoms with Crippen LogP contribution in [0.2, 0.25) is 0 Å². The Bertz CT molecular complexity index is 801. The van der Waals surface area contributed by atoms with Crippen LogP contribution in [-0.2, 0) is 20.0 Å². The van der Waals surface area contributed by atoms with Crippen molar-refractivity contribution in [3.63, 3.8) is 0 Å². The Hall–Kier alpha value is -0.910. The first-order valence-corrected chi connectivity index (χ1v) is 8.41. The van der Waals surface area contributed by atoms with Crippen LogP contribution in [0.5, 0.6) is 0 Å². The molecule has 0 amide bonds. The maximum atomic E-state index is 12.9. The van der Waals surface area contributed by atoms with Crippen molar-refractivity contribution in [3.05, 3.63) is 23.0 Å². The quantitative estimate of drug-likeness (QED) is 0.674. The summed E-state index contributed by atoms with van der Waals surface area (Å²) in [6.45, 7) is 0. The summed E-state index contributed by atoms with van der Waals surface area (Å²) in [5.74, 6) is 0. The molecule has 1 rings (SSSR count). The van der Waals surface area contributed by atoms with Crippen molar-refractivity contribution < 1.29 is 21.2 Å². The summed E-state index contributed by atoms with van der Waals surface area (Å²) in [6, 6.07) is 1.38. The third-order valence-electron chi connectivity index (χ3n) is 2.13. The van der Waals surface area contributed by atoms with Crippen LogP contribution in [0.15, 0.2) is 27.2 Å². The largest absolute Gasteiger partial charge is 0.398 e. The molecule has 0 spiro atoms. The second-order valence-corrected chi connectivity index (χ2v) is 7.32. The third kappa shape index (κ3) is 3.59. The van der Waals surface area contributed by atoms with Crippen LogP contribution < -0.4 is 16.0 Å². The molecule has 112 valence electrons. The molecule has 0 bridgehead atoms. The molecule has 0 aliphatic rings. The van der Waals surface area contributed by atoms with Gasteiger partial charge in [0.1, 0.15) is 4.90 Å². The second-order valence-electron chi connectivity index (χ2n) is 3.55. The molecule has 0 aromatic heterocycles. The van der Waals surface area contributed by atoms with Crippen molar-refractivity contribution in [1.29, 1.82) is 0 Å². The van der Waals surface area contributed by atoms with E-state index >= 15 is 0 Å². The molecule has 0 saturated heterocycles. The fourth-order valence-corrected chi connectivity index (χ4v) is 3.14. The van der Waals surface area contributed by atoms with Crippen molar-refractivity contribution in [3.8, 4) is 0 Å². The number of nitrogen functional groups attached to an aromatic ring is 1. The van der Waals surface area contributed by atoms with Crippen LogP contribution in [0.1, 0.15) is 5.56 Å². The highest BCUT2D eigenvalue weighted by Crippen LogP contribution is 2.34. The smallest absolute Gasteiger partial charge is 0.240 e. The zero-order chi connectivity index (χ0) is 15.9. The molecule has 0 aliphatic carbocycles. The first-order valence-electron chi connectivity index (χ1n) is 4.56. The van der Waals surface area contributed by atoms with Gasteiger partial charge in [0.2, 0.25) is 25.3 Å². The van der Waals surface area contributed by atoms with Gasteiger partial charge in [-0.15, -0.1) is 0 Å². The molecule has 0 fully saturated rings. The van der Waals surface area contributed by atoms with Crippen molar-refractivity contribution >= 4 is 54.0 Å².